The lowest BCUT2D eigenvalue weighted by atomic mass is 10.1. The first-order valence-electron chi connectivity index (χ1n) is 7.35. The van der Waals surface area contributed by atoms with Gasteiger partial charge in [0.15, 0.2) is 0 Å². The predicted molar refractivity (Wildman–Crippen MR) is 89.7 cm³/mol. The fraction of sp³-hybridized carbons (Fsp3) is 0.412. The molecule has 3 nitrogen and oxygen atoms in total. The van der Waals surface area contributed by atoms with Crippen LogP contribution in [0, 0.1) is 11.3 Å². The van der Waals surface area contributed by atoms with Crippen molar-refractivity contribution in [1.29, 1.82) is 5.26 Å². The van der Waals surface area contributed by atoms with E-state index in [1.165, 1.54) is 25.7 Å². The first-order valence-corrected chi connectivity index (χ1v) is 8.57. The van der Waals surface area contributed by atoms with Crippen LogP contribution in [-0.2, 0) is 0 Å². The number of hydrogen-bond donors (Lipinski definition) is 1. The van der Waals surface area contributed by atoms with Gasteiger partial charge in [-0.25, -0.2) is 0 Å². The maximum atomic E-state index is 9.36. The van der Waals surface area contributed by atoms with Crippen molar-refractivity contribution in [3.05, 3.63) is 36.0 Å². The van der Waals surface area contributed by atoms with Crippen molar-refractivity contribution in [1.82, 2.24) is 4.98 Å². The van der Waals surface area contributed by atoms with Gasteiger partial charge in [0.1, 0.15) is 6.07 Å². The van der Waals surface area contributed by atoms with Gasteiger partial charge in [-0.2, -0.15) is 17.0 Å². The molecule has 0 bridgehead atoms. The third-order valence-electron chi connectivity index (χ3n) is 4.43. The van der Waals surface area contributed by atoms with Crippen LogP contribution < -0.4 is 5.32 Å². The average Bonchev–Trinajstić information content (AvgIpc) is 3.02. The number of benzene rings is 1. The van der Waals surface area contributed by atoms with E-state index in [9.17, 15) is 5.26 Å². The van der Waals surface area contributed by atoms with E-state index < -0.39 is 0 Å². The molecule has 0 spiro atoms. The summed E-state index contributed by atoms with van der Waals surface area (Å²) in [4.78, 5) is 4.36. The molecule has 3 rings (SSSR count). The van der Waals surface area contributed by atoms with E-state index in [0.717, 1.165) is 23.1 Å². The zero-order chi connectivity index (χ0) is 14.7. The van der Waals surface area contributed by atoms with Crippen molar-refractivity contribution in [2.75, 3.05) is 18.1 Å². The molecule has 2 aromatic rings. The predicted octanol–water partition coefficient (Wildman–Crippen LogP) is 4.19. The molecule has 1 N–H and O–H groups in total. The third-order valence-corrected chi connectivity index (χ3v) is 5.85. The first kappa shape index (κ1) is 14.2. The average molecular weight is 297 g/mol. The van der Waals surface area contributed by atoms with Crippen LogP contribution in [-0.4, -0.2) is 22.5 Å². The molecule has 0 unspecified atom stereocenters. The van der Waals surface area contributed by atoms with Crippen molar-refractivity contribution in [3.63, 3.8) is 0 Å². The summed E-state index contributed by atoms with van der Waals surface area (Å²) < 4.78 is 0.317. The van der Waals surface area contributed by atoms with Gasteiger partial charge in [0, 0.05) is 22.9 Å². The lowest BCUT2D eigenvalue weighted by Crippen LogP contribution is -2.30. The minimum atomic E-state index is 0.317. The molecule has 0 aliphatic heterocycles. The molecule has 1 aliphatic rings. The Morgan fingerprint density at radius 1 is 1.33 bits per heavy atom. The van der Waals surface area contributed by atoms with Crippen LogP contribution in [0.2, 0.25) is 0 Å². The number of nitrogens with one attached hydrogen (secondary N) is 1. The van der Waals surface area contributed by atoms with Gasteiger partial charge in [-0.15, -0.1) is 0 Å². The van der Waals surface area contributed by atoms with E-state index in [1.54, 1.807) is 6.20 Å². The maximum absolute atomic E-state index is 9.36. The number of hydrogen-bond acceptors (Lipinski definition) is 4. The second-order valence-corrected chi connectivity index (χ2v) is 6.90. The molecular weight excluding hydrogens is 278 g/mol. The molecule has 0 amide bonds. The van der Waals surface area contributed by atoms with E-state index >= 15 is 0 Å². The molecule has 1 heterocycles. The third kappa shape index (κ3) is 2.71. The van der Waals surface area contributed by atoms with Crippen molar-refractivity contribution < 1.29 is 0 Å². The molecule has 1 aromatic heterocycles. The first-order chi connectivity index (χ1) is 10.3. The van der Waals surface area contributed by atoms with Gasteiger partial charge in [-0.05, 0) is 25.2 Å². The van der Waals surface area contributed by atoms with Crippen LogP contribution in [0.25, 0.3) is 10.9 Å². The molecule has 1 aliphatic carbocycles. The molecule has 4 heteroatoms. The molecule has 108 valence electrons. The van der Waals surface area contributed by atoms with Crippen LogP contribution in [0.15, 0.2) is 30.5 Å². The summed E-state index contributed by atoms with van der Waals surface area (Å²) in [6.07, 6.45) is 9.00. The lowest BCUT2D eigenvalue weighted by molar-refractivity contribution is 0.640. The molecule has 0 atom stereocenters. The van der Waals surface area contributed by atoms with Crippen molar-refractivity contribution in [2.45, 2.75) is 30.4 Å². The Morgan fingerprint density at radius 3 is 2.81 bits per heavy atom. The van der Waals surface area contributed by atoms with E-state index in [0.29, 0.717) is 10.3 Å². The number of aromatic nitrogens is 1. The summed E-state index contributed by atoms with van der Waals surface area (Å²) in [5.74, 6) is 0. The fourth-order valence-corrected chi connectivity index (χ4v) is 4.05. The number of pyridine rings is 1. The molecule has 21 heavy (non-hydrogen) atoms. The van der Waals surface area contributed by atoms with Gasteiger partial charge in [0.05, 0.1) is 16.8 Å². The Bertz CT molecular complexity index is 684. The summed E-state index contributed by atoms with van der Waals surface area (Å²) in [5, 5.41) is 13.9. The highest BCUT2D eigenvalue weighted by Crippen LogP contribution is 2.40. The van der Waals surface area contributed by atoms with Gasteiger partial charge < -0.3 is 5.32 Å². The summed E-state index contributed by atoms with van der Waals surface area (Å²) in [6, 6.07) is 10.3. The van der Waals surface area contributed by atoms with E-state index in [4.69, 9.17) is 0 Å². The number of nitrogens with zero attached hydrogens (tertiary/aromatic N) is 2. The summed E-state index contributed by atoms with van der Waals surface area (Å²) in [5.41, 5.74) is 2.50. The number of nitriles is 1. The van der Waals surface area contributed by atoms with Crippen LogP contribution in [0.5, 0.6) is 0 Å². The molecule has 1 aromatic carbocycles. The summed E-state index contributed by atoms with van der Waals surface area (Å²) in [7, 11) is 0. The minimum absolute atomic E-state index is 0.317. The topological polar surface area (TPSA) is 48.7 Å². The van der Waals surface area contributed by atoms with Crippen molar-refractivity contribution in [2.24, 2.45) is 0 Å². The molecular formula is C17H19N3S. The van der Waals surface area contributed by atoms with Gasteiger partial charge in [0.2, 0.25) is 0 Å². The van der Waals surface area contributed by atoms with Crippen LogP contribution >= 0.6 is 11.8 Å². The maximum Gasteiger partial charge on any atom is 0.103 e. The Hall–Kier alpha value is -1.73. The number of thioether (sulfide) groups is 1. The van der Waals surface area contributed by atoms with Crippen LogP contribution in [0.1, 0.15) is 31.2 Å². The smallest absolute Gasteiger partial charge is 0.103 e. The largest absolute Gasteiger partial charge is 0.382 e. The van der Waals surface area contributed by atoms with Gasteiger partial charge in [-0.3, -0.25) is 4.98 Å². The lowest BCUT2D eigenvalue weighted by Gasteiger charge is -2.28. The van der Waals surface area contributed by atoms with Gasteiger partial charge in [0.25, 0.3) is 0 Å². The zero-order valence-corrected chi connectivity index (χ0v) is 13.0. The number of anilines is 1. The molecule has 0 radical (unpaired) electrons. The summed E-state index contributed by atoms with van der Waals surface area (Å²) >= 11 is 1.96. The number of para-hydroxylation sites is 1. The van der Waals surface area contributed by atoms with Crippen molar-refractivity contribution in [3.8, 4) is 6.07 Å². The highest BCUT2D eigenvalue weighted by atomic mass is 32.2. The van der Waals surface area contributed by atoms with Crippen LogP contribution in [0.3, 0.4) is 0 Å². The SMILES string of the molecule is CSC1(CNc2c(C#N)cnc3ccccc23)CCCC1. The normalized spacial score (nSPS) is 16.8. The zero-order valence-electron chi connectivity index (χ0n) is 12.2. The highest BCUT2D eigenvalue weighted by Gasteiger charge is 2.32. The van der Waals surface area contributed by atoms with Gasteiger partial charge >= 0.3 is 0 Å². The van der Waals surface area contributed by atoms with Crippen molar-refractivity contribution >= 4 is 28.4 Å². The second-order valence-electron chi connectivity index (χ2n) is 5.62. The van der Waals surface area contributed by atoms with Gasteiger partial charge in [-0.1, -0.05) is 31.0 Å². The Kier molecular flexibility index (Phi) is 4.03. The molecule has 1 fully saturated rings. The monoisotopic (exact) mass is 297 g/mol. The number of rotatable bonds is 4. The molecule has 0 saturated heterocycles. The Labute approximate surface area is 129 Å². The quantitative estimate of drug-likeness (QED) is 0.919. The number of fused-ring (bicyclic) bond motifs is 1. The Morgan fingerprint density at radius 2 is 2.10 bits per heavy atom. The fourth-order valence-electron chi connectivity index (χ4n) is 3.14. The highest BCUT2D eigenvalue weighted by molar-refractivity contribution is 8.00. The van der Waals surface area contributed by atoms with Crippen LogP contribution in [0.4, 0.5) is 5.69 Å². The Balaban J connectivity index is 1.94. The van der Waals surface area contributed by atoms with E-state index in [1.807, 2.05) is 36.0 Å². The second kappa shape index (κ2) is 5.95. The molecule has 1 saturated carbocycles. The standard InChI is InChI=1S/C17H19N3S/c1-21-17(8-4-5-9-17)12-20-16-13(10-18)11-19-15-7-3-2-6-14(15)16/h2-3,6-7,11H,4-5,8-9,12H2,1H3,(H,19,20). The minimum Gasteiger partial charge on any atom is -0.382 e. The van der Waals surface area contributed by atoms with E-state index in [-0.39, 0.29) is 0 Å². The summed E-state index contributed by atoms with van der Waals surface area (Å²) in [6.45, 7) is 0.914. The van der Waals surface area contributed by atoms with E-state index in [2.05, 4.69) is 22.6 Å².